The molecule has 1 aliphatic carbocycles. The van der Waals surface area contributed by atoms with Crippen molar-refractivity contribution in [2.45, 2.75) is 31.5 Å². The van der Waals surface area contributed by atoms with Gasteiger partial charge in [-0.3, -0.25) is 0 Å². The first-order valence-electron chi connectivity index (χ1n) is 5.14. The number of hydrogen-bond acceptors (Lipinski definition) is 3. The number of hydrogen-bond donors (Lipinski definition) is 1. The van der Waals surface area contributed by atoms with Crippen molar-refractivity contribution in [3.63, 3.8) is 0 Å². The zero-order valence-electron chi connectivity index (χ0n) is 8.39. The Morgan fingerprint density at radius 3 is 2.53 bits per heavy atom. The van der Waals surface area contributed by atoms with E-state index in [1.54, 1.807) is 24.3 Å². The van der Waals surface area contributed by atoms with Gasteiger partial charge in [0.25, 0.3) is 0 Å². The van der Waals surface area contributed by atoms with Crippen molar-refractivity contribution in [1.29, 1.82) is 5.26 Å². The molecule has 1 saturated carbocycles. The highest BCUT2D eigenvalue weighted by atomic mass is 16.5. The van der Waals surface area contributed by atoms with Crippen LogP contribution in [0.2, 0.25) is 0 Å². The molecule has 0 bridgehead atoms. The summed E-state index contributed by atoms with van der Waals surface area (Å²) in [5.74, 6) is 0.722. The molecule has 2 atom stereocenters. The summed E-state index contributed by atoms with van der Waals surface area (Å²) in [5, 5.41) is 18.2. The Kier molecular flexibility index (Phi) is 2.89. The Morgan fingerprint density at radius 1 is 1.27 bits per heavy atom. The van der Waals surface area contributed by atoms with Gasteiger partial charge in [0, 0.05) is 0 Å². The third kappa shape index (κ3) is 2.28. The average Bonchev–Trinajstić information content (AvgIpc) is 2.66. The molecule has 78 valence electrons. The molecule has 15 heavy (non-hydrogen) atoms. The fourth-order valence-electron chi connectivity index (χ4n) is 1.83. The number of benzene rings is 1. The first-order chi connectivity index (χ1) is 7.29. The average molecular weight is 203 g/mol. The predicted octanol–water partition coefficient (Wildman–Crippen LogP) is 1.85. The third-order valence-corrected chi connectivity index (χ3v) is 2.69. The monoisotopic (exact) mass is 203 g/mol. The summed E-state index contributed by atoms with van der Waals surface area (Å²) in [6, 6.07) is 9.02. The van der Waals surface area contributed by atoms with Gasteiger partial charge in [0.2, 0.25) is 0 Å². The maximum absolute atomic E-state index is 9.57. The van der Waals surface area contributed by atoms with Crippen LogP contribution < -0.4 is 4.74 Å². The van der Waals surface area contributed by atoms with Gasteiger partial charge in [-0.1, -0.05) is 0 Å². The van der Waals surface area contributed by atoms with E-state index in [9.17, 15) is 5.11 Å². The molecule has 2 unspecified atom stereocenters. The fourth-order valence-corrected chi connectivity index (χ4v) is 1.83. The van der Waals surface area contributed by atoms with E-state index in [4.69, 9.17) is 10.00 Å². The summed E-state index contributed by atoms with van der Waals surface area (Å²) in [4.78, 5) is 0. The summed E-state index contributed by atoms with van der Waals surface area (Å²) in [5.41, 5.74) is 0.620. The third-order valence-electron chi connectivity index (χ3n) is 2.69. The summed E-state index contributed by atoms with van der Waals surface area (Å²) in [6.07, 6.45) is 2.31. The number of aliphatic hydroxyl groups excluding tert-OH is 1. The van der Waals surface area contributed by atoms with Crippen LogP contribution in [-0.2, 0) is 0 Å². The van der Waals surface area contributed by atoms with Gasteiger partial charge < -0.3 is 9.84 Å². The summed E-state index contributed by atoms with van der Waals surface area (Å²) < 4.78 is 5.63. The number of nitriles is 1. The molecule has 0 aromatic heterocycles. The minimum absolute atomic E-state index is 0.0852. The Labute approximate surface area is 88.9 Å². The molecule has 1 aliphatic rings. The summed E-state index contributed by atoms with van der Waals surface area (Å²) >= 11 is 0. The van der Waals surface area contributed by atoms with E-state index in [0.717, 1.165) is 25.0 Å². The second kappa shape index (κ2) is 4.33. The Balaban J connectivity index is 2.02. The van der Waals surface area contributed by atoms with Crippen molar-refractivity contribution in [3.05, 3.63) is 29.8 Å². The maximum atomic E-state index is 9.57. The Bertz CT molecular complexity index is 366. The molecule has 1 fully saturated rings. The van der Waals surface area contributed by atoms with E-state index >= 15 is 0 Å². The molecule has 0 saturated heterocycles. The van der Waals surface area contributed by atoms with Gasteiger partial charge in [-0.25, -0.2) is 0 Å². The first-order valence-corrected chi connectivity index (χ1v) is 5.14. The molecule has 0 amide bonds. The Morgan fingerprint density at radius 2 is 2.00 bits per heavy atom. The van der Waals surface area contributed by atoms with Crippen LogP contribution in [-0.4, -0.2) is 17.3 Å². The van der Waals surface area contributed by atoms with Gasteiger partial charge in [0.05, 0.1) is 17.7 Å². The van der Waals surface area contributed by atoms with E-state index in [-0.39, 0.29) is 12.2 Å². The van der Waals surface area contributed by atoms with Crippen molar-refractivity contribution in [2.75, 3.05) is 0 Å². The van der Waals surface area contributed by atoms with Crippen LogP contribution in [0.15, 0.2) is 24.3 Å². The molecule has 2 rings (SSSR count). The van der Waals surface area contributed by atoms with Gasteiger partial charge in [-0.2, -0.15) is 5.26 Å². The minimum atomic E-state index is -0.347. The number of rotatable bonds is 2. The standard InChI is InChI=1S/C12H13NO2/c13-8-9-4-6-10(7-5-9)15-12-3-1-2-11(12)14/h4-7,11-12,14H,1-3H2. The van der Waals surface area contributed by atoms with Crippen LogP contribution in [0.1, 0.15) is 24.8 Å². The molecular weight excluding hydrogens is 190 g/mol. The van der Waals surface area contributed by atoms with E-state index in [1.165, 1.54) is 0 Å². The highest BCUT2D eigenvalue weighted by Gasteiger charge is 2.26. The van der Waals surface area contributed by atoms with Crippen LogP contribution in [0.4, 0.5) is 0 Å². The second-order valence-corrected chi connectivity index (χ2v) is 3.79. The van der Waals surface area contributed by atoms with Crippen LogP contribution in [0.25, 0.3) is 0 Å². The van der Waals surface area contributed by atoms with Crippen LogP contribution in [0.5, 0.6) is 5.75 Å². The largest absolute Gasteiger partial charge is 0.488 e. The summed E-state index contributed by atoms with van der Waals surface area (Å²) in [7, 11) is 0. The smallest absolute Gasteiger partial charge is 0.124 e. The SMILES string of the molecule is N#Cc1ccc(OC2CCCC2O)cc1. The highest BCUT2D eigenvalue weighted by Crippen LogP contribution is 2.24. The van der Waals surface area contributed by atoms with Crippen molar-refractivity contribution in [3.8, 4) is 11.8 Å². The maximum Gasteiger partial charge on any atom is 0.124 e. The van der Waals surface area contributed by atoms with Gasteiger partial charge in [-0.15, -0.1) is 0 Å². The zero-order valence-corrected chi connectivity index (χ0v) is 8.39. The van der Waals surface area contributed by atoms with Gasteiger partial charge in [0.1, 0.15) is 11.9 Å². The predicted molar refractivity (Wildman–Crippen MR) is 55.4 cm³/mol. The molecular formula is C12H13NO2. The fraction of sp³-hybridized carbons (Fsp3) is 0.417. The number of ether oxygens (including phenoxy) is 1. The summed E-state index contributed by atoms with van der Waals surface area (Å²) in [6.45, 7) is 0. The van der Waals surface area contributed by atoms with Gasteiger partial charge in [-0.05, 0) is 43.5 Å². The molecule has 0 aliphatic heterocycles. The van der Waals surface area contributed by atoms with E-state index in [2.05, 4.69) is 6.07 Å². The lowest BCUT2D eigenvalue weighted by Crippen LogP contribution is -2.25. The van der Waals surface area contributed by atoms with Crippen LogP contribution >= 0.6 is 0 Å². The Hall–Kier alpha value is -1.53. The first kappa shape index (κ1) is 10.0. The lowest BCUT2D eigenvalue weighted by Gasteiger charge is -2.16. The second-order valence-electron chi connectivity index (χ2n) is 3.79. The molecule has 3 nitrogen and oxygen atoms in total. The lowest BCUT2D eigenvalue weighted by atomic mass is 10.2. The molecule has 3 heteroatoms. The molecule has 0 spiro atoms. The van der Waals surface area contributed by atoms with Gasteiger partial charge in [0.15, 0.2) is 0 Å². The van der Waals surface area contributed by atoms with Crippen molar-refractivity contribution in [2.24, 2.45) is 0 Å². The van der Waals surface area contributed by atoms with E-state index < -0.39 is 0 Å². The van der Waals surface area contributed by atoms with E-state index in [0.29, 0.717) is 5.56 Å². The molecule has 1 aromatic carbocycles. The highest BCUT2D eigenvalue weighted by molar-refractivity contribution is 5.34. The lowest BCUT2D eigenvalue weighted by molar-refractivity contribution is 0.0604. The van der Waals surface area contributed by atoms with Crippen molar-refractivity contribution >= 4 is 0 Å². The van der Waals surface area contributed by atoms with E-state index in [1.807, 2.05) is 0 Å². The van der Waals surface area contributed by atoms with Gasteiger partial charge >= 0.3 is 0 Å². The molecule has 1 N–H and O–H groups in total. The minimum Gasteiger partial charge on any atom is -0.488 e. The normalized spacial score (nSPS) is 24.8. The van der Waals surface area contributed by atoms with Crippen molar-refractivity contribution < 1.29 is 9.84 Å². The van der Waals surface area contributed by atoms with Crippen LogP contribution in [0, 0.1) is 11.3 Å². The van der Waals surface area contributed by atoms with Crippen LogP contribution in [0.3, 0.4) is 0 Å². The number of nitrogens with zero attached hydrogens (tertiary/aromatic N) is 1. The number of aliphatic hydroxyl groups is 1. The quantitative estimate of drug-likeness (QED) is 0.798. The molecule has 0 radical (unpaired) electrons. The van der Waals surface area contributed by atoms with Crippen molar-refractivity contribution in [1.82, 2.24) is 0 Å². The molecule has 1 aromatic rings. The topological polar surface area (TPSA) is 53.2 Å². The molecule has 0 heterocycles. The zero-order chi connectivity index (χ0) is 10.7.